The van der Waals surface area contributed by atoms with Crippen LogP contribution >= 0.6 is 0 Å². The van der Waals surface area contributed by atoms with Gasteiger partial charge in [0.25, 0.3) is 5.91 Å². The highest BCUT2D eigenvalue weighted by atomic mass is 19.1. The van der Waals surface area contributed by atoms with E-state index in [1.165, 1.54) is 19.2 Å². The molecule has 0 bridgehead atoms. The number of benzene rings is 1. The van der Waals surface area contributed by atoms with Crippen LogP contribution in [0.1, 0.15) is 11.3 Å². The monoisotopic (exact) mass is 459 g/mol. The summed E-state index contributed by atoms with van der Waals surface area (Å²) in [6, 6.07) is 11.6. The molecule has 0 saturated heterocycles. The van der Waals surface area contributed by atoms with Crippen LogP contribution in [0.2, 0.25) is 0 Å². The number of halogens is 1. The van der Waals surface area contributed by atoms with E-state index < -0.39 is 5.91 Å². The van der Waals surface area contributed by atoms with Crippen LogP contribution in [-0.2, 0) is 11.3 Å². The predicted octanol–water partition coefficient (Wildman–Crippen LogP) is 3.28. The minimum atomic E-state index is -0.393. The maximum absolute atomic E-state index is 13.1. The number of hydrogen-bond donors (Lipinski definition) is 6. The quantitative estimate of drug-likeness (QED) is 0.205. The number of aryl methyl sites for hydroxylation is 1. The third kappa shape index (κ3) is 6.49. The number of carbonyl (C=O) groups is 1. The number of nitrogens with one attached hydrogen (secondary N) is 6. The summed E-state index contributed by atoms with van der Waals surface area (Å²) in [7, 11) is 1.50. The fourth-order valence-electron chi connectivity index (χ4n) is 3.13. The first kappa shape index (κ1) is 24.1. The molecule has 6 N–H and O–H groups in total. The van der Waals surface area contributed by atoms with E-state index in [1.54, 1.807) is 36.6 Å². The number of amides is 1. The van der Waals surface area contributed by atoms with Crippen LogP contribution in [0.4, 0.5) is 10.2 Å². The van der Waals surface area contributed by atoms with Crippen molar-refractivity contribution in [1.82, 2.24) is 20.9 Å². The molecule has 0 aliphatic carbocycles. The van der Waals surface area contributed by atoms with Gasteiger partial charge in [0, 0.05) is 43.4 Å². The Morgan fingerprint density at radius 2 is 1.97 bits per heavy atom. The molecule has 0 unspecified atom stereocenters. The molecular weight excluding hydrogens is 433 g/mol. The Labute approximate surface area is 197 Å². The van der Waals surface area contributed by atoms with Gasteiger partial charge in [0.05, 0.1) is 17.0 Å². The summed E-state index contributed by atoms with van der Waals surface area (Å²) in [5.74, 6) is 0.00675. The molecule has 0 atom stereocenters. The molecule has 0 radical (unpaired) electrons. The number of allylic oxidation sites excluding steroid dienone is 2. The molecule has 0 fully saturated rings. The van der Waals surface area contributed by atoms with Gasteiger partial charge in [-0.15, -0.1) is 0 Å². The van der Waals surface area contributed by atoms with Crippen LogP contribution in [0.25, 0.3) is 0 Å². The molecule has 174 valence electrons. The van der Waals surface area contributed by atoms with Crippen molar-refractivity contribution in [3.05, 3.63) is 107 Å². The Bertz CT molecular complexity index is 1210. The largest absolute Gasteiger partial charge is 0.366 e. The average molecular weight is 460 g/mol. The molecule has 1 aromatic heterocycles. The molecule has 1 aliphatic heterocycles. The highest BCUT2D eigenvalue weighted by molar-refractivity contribution is 6.12. The van der Waals surface area contributed by atoms with E-state index in [1.807, 2.05) is 25.1 Å². The van der Waals surface area contributed by atoms with Crippen LogP contribution in [0.3, 0.4) is 0 Å². The van der Waals surface area contributed by atoms with E-state index in [0.717, 1.165) is 17.5 Å². The smallest absolute Gasteiger partial charge is 0.254 e. The lowest BCUT2D eigenvalue weighted by atomic mass is 10.0. The number of hydrogen-bond acceptors (Lipinski definition) is 6. The van der Waals surface area contributed by atoms with Gasteiger partial charge in [-0.2, -0.15) is 0 Å². The van der Waals surface area contributed by atoms with Gasteiger partial charge in [0.15, 0.2) is 0 Å². The standard InChI is InChI=1S/C25H26FN7O/c1-16-4-3-5-24(32-16)33-21(13-23(28)31-15-17-6-8-19(26)9-7-17)18-10-11-30-22(12-18)20(14-27)25(34)29-2/h3-14,27,30H,15H2,1-2H3,(H2,28,31)(H,29,34)(H,32,33)/b21-13-,22-20+,27-14?. The normalized spacial score (nSPS) is 14.4. The highest BCUT2D eigenvalue weighted by Crippen LogP contribution is 2.21. The minimum Gasteiger partial charge on any atom is -0.366 e. The second-order valence-corrected chi connectivity index (χ2v) is 7.37. The van der Waals surface area contributed by atoms with Crippen LogP contribution in [-0.4, -0.2) is 30.0 Å². The molecule has 1 amide bonds. The Kier molecular flexibility index (Phi) is 8.07. The van der Waals surface area contributed by atoms with Gasteiger partial charge in [-0.05, 0) is 48.9 Å². The van der Waals surface area contributed by atoms with E-state index >= 15 is 0 Å². The number of aromatic nitrogens is 1. The summed E-state index contributed by atoms with van der Waals surface area (Å²) in [6.45, 7) is 2.23. The van der Waals surface area contributed by atoms with E-state index in [9.17, 15) is 9.18 Å². The van der Waals surface area contributed by atoms with Gasteiger partial charge < -0.3 is 26.7 Å². The van der Waals surface area contributed by atoms with Crippen molar-refractivity contribution in [3.8, 4) is 0 Å². The van der Waals surface area contributed by atoms with Crippen molar-refractivity contribution in [2.75, 3.05) is 12.4 Å². The summed E-state index contributed by atoms with van der Waals surface area (Å²) < 4.78 is 13.1. The van der Waals surface area contributed by atoms with Crippen LogP contribution in [0.15, 0.2) is 89.4 Å². The molecule has 3 rings (SSSR count). The summed E-state index contributed by atoms with van der Waals surface area (Å²) in [5, 5.41) is 27.8. The van der Waals surface area contributed by atoms with Crippen LogP contribution in [0, 0.1) is 23.6 Å². The zero-order valence-electron chi connectivity index (χ0n) is 18.9. The molecule has 1 aromatic carbocycles. The number of amidine groups is 1. The molecule has 0 spiro atoms. The van der Waals surface area contributed by atoms with Crippen molar-refractivity contribution >= 4 is 23.8 Å². The SMILES string of the molecule is CNC(=O)/C(C=N)=C1C=C(/C(=C/C(=N)NCc2ccc(F)cc2)Nc2cccc(C)n2)C=CN\1. The average Bonchev–Trinajstić information content (AvgIpc) is 2.84. The first-order valence-electron chi connectivity index (χ1n) is 10.5. The molecule has 34 heavy (non-hydrogen) atoms. The number of likely N-dealkylation sites (N-methyl/N-ethyl adjacent to an activating group) is 1. The lowest BCUT2D eigenvalue weighted by Crippen LogP contribution is -2.25. The Hall–Kier alpha value is -4.53. The fraction of sp³-hybridized carbons (Fsp3) is 0.120. The second kappa shape index (κ2) is 11.4. The van der Waals surface area contributed by atoms with Crippen LogP contribution < -0.4 is 21.3 Å². The van der Waals surface area contributed by atoms with E-state index in [-0.39, 0.29) is 17.2 Å². The Morgan fingerprint density at radius 3 is 2.65 bits per heavy atom. The van der Waals surface area contributed by atoms with Crippen molar-refractivity contribution in [2.24, 2.45) is 0 Å². The summed E-state index contributed by atoms with van der Waals surface area (Å²) >= 11 is 0. The van der Waals surface area contributed by atoms with Crippen molar-refractivity contribution in [3.63, 3.8) is 0 Å². The fourth-order valence-corrected chi connectivity index (χ4v) is 3.13. The number of dihydropyridines is 1. The van der Waals surface area contributed by atoms with E-state index in [0.29, 0.717) is 29.3 Å². The number of anilines is 1. The molecule has 8 nitrogen and oxygen atoms in total. The predicted molar refractivity (Wildman–Crippen MR) is 132 cm³/mol. The van der Waals surface area contributed by atoms with Crippen molar-refractivity contribution in [2.45, 2.75) is 13.5 Å². The van der Waals surface area contributed by atoms with Gasteiger partial charge in [0.1, 0.15) is 17.5 Å². The first-order chi connectivity index (χ1) is 16.4. The number of carbonyl (C=O) groups excluding carboxylic acids is 1. The van der Waals surface area contributed by atoms with Gasteiger partial charge in [0.2, 0.25) is 0 Å². The molecule has 9 heteroatoms. The zero-order valence-corrected chi connectivity index (χ0v) is 18.9. The minimum absolute atomic E-state index is 0.122. The zero-order chi connectivity index (χ0) is 24.5. The summed E-state index contributed by atoms with van der Waals surface area (Å²) in [5.41, 5.74) is 3.51. The number of rotatable bonds is 8. The van der Waals surface area contributed by atoms with Gasteiger partial charge in [-0.3, -0.25) is 10.2 Å². The van der Waals surface area contributed by atoms with Gasteiger partial charge in [-0.25, -0.2) is 9.37 Å². The third-order valence-corrected chi connectivity index (χ3v) is 4.85. The summed E-state index contributed by atoms with van der Waals surface area (Å²) in [6.07, 6.45) is 7.76. The molecule has 1 aliphatic rings. The molecular formula is C25H26FN7O. The second-order valence-electron chi connectivity index (χ2n) is 7.37. The Morgan fingerprint density at radius 1 is 1.21 bits per heavy atom. The van der Waals surface area contributed by atoms with E-state index in [4.69, 9.17) is 10.8 Å². The maximum atomic E-state index is 13.1. The maximum Gasteiger partial charge on any atom is 0.254 e. The Balaban J connectivity index is 1.92. The molecule has 2 aromatic rings. The number of nitrogens with zero attached hydrogens (tertiary/aromatic N) is 1. The summed E-state index contributed by atoms with van der Waals surface area (Å²) in [4.78, 5) is 16.6. The van der Waals surface area contributed by atoms with Crippen molar-refractivity contribution in [1.29, 1.82) is 10.8 Å². The lowest BCUT2D eigenvalue weighted by Gasteiger charge is -2.18. The highest BCUT2D eigenvalue weighted by Gasteiger charge is 2.15. The third-order valence-electron chi connectivity index (χ3n) is 4.85. The number of pyridine rings is 1. The van der Waals surface area contributed by atoms with Gasteiger partial charge in [-0.1, -0.05) is 18.2 Å². The molecule has 0 saturated carbocycles. The van der Waals surface area contributed by atoms with Gasteiger partial charge >= 0.3 is 0 Å². The first-order valence-corrected chi connectivity index (χ1v) is 10.5. The lowest BCUT2D eigenvalue weighted by molar-refractivity contribution is -0.116. The topological polar surface area (TPSA) is 126 Å². The van der Waals surface area contributed by atoms with E-state index in [2.05, 4.69) is 26.3 Å². The van der Waals surface area contributed by atoms with Crippen LogP contribution in [0.5, 0.6) is 0 Å². The molecule has 2 heterocycles. The van der Waals surface area contributed by atoms with Crippen molar-refractivity contribution < 1.29 is 9.18 Å².